The second-order valence-electron chi connectivity index (χ2n) is 6.23. The maximum absolute atomic E-state index is 9.60. The fourth-order valence-corrected chi connectivity index (χ4v) is 3.31. The van der Waals surface area contributed by atoms with Gasteiger partial charge in [-0.05, 0) is 55.4 Å². The van der Waals surface area contributed by atoms with Crippen LogP contribution in [0.2, 0.25) is 0 Å². The van der Waals surface area contributed by atoms with Crippen molar-refractivity contribution in [3.63, 3.8) is 0 Å². The summed E-state index contributed by atoms with van der Waals surface area (Å²) in [5.74, 6) is 1.32. The van der Waals surface area contributed by atoms with Crippen molar-refractivity contribution in [2.45, 2.75) is 52.1 Å². The summed E-state index contributed by atoms with van der Waals surface area (Å²) in [5.41, 5.74) is 6.99. The van der Waals surface area contributed by atoms with E-state index in [2.05, 4.69) is 26.0 Å². The first-order valence-corrected chi connectivity index (χ1v) is 6.82. The van der Waals surface area contributed by atoms with E-state index in [1.54, 1.807) is 0 Å². The maximum atomic E-state index is 9.60. The highest BCUT2D eigenvalue weighted by Gasteiger charge is 2.37. The molecule has 0 saturated heterocycles. The molecule has 0 aliphatic heterocycles. The van der Waals surface area contributed by atoms with Crippen molar-refractivity contribution in [2.24, 2.45) is 23.0 Å². The first kappa shape index (κ1) is 12.7. The van der Waals surface area contributed by atoms with Crippen LogP contribution < -0.4 is 5.73 Å². The zero-order valence-electron chi connectivity index (χ0n) is 11.0. The predicted molar refractivity (Wildman–Crippen MR) is 71.3 cm³/mol. The van der Waals surface area contributed by atoms with E-state index in [9.17, 15) is 5.11 Å². The van der Waals surface area contributed by atoms with Crippen LogP contribution in [0.4, 0.5) is 0 Å². The second-order valence-corrected chi connectivity index (χ2v) is 6.23. The smallest absolute Gasteiger partial charge is 0.0540 e. The van der Waals surface area contributed by atoms with Crippen molar-refractivity contribution in [1.82, 2.24) is 0 Å². The van der Waals surface area contributed by atoms with Crippen molar-refractivity contribution in [3.8, 4) is 0 Å². The molecule has 3 N–H and O–H groups in total. The SMILES string of the molecule is CC(C)(C1C=CC(N)=CC1)C1CCC(O)CC1. The van der Waals surface area contributed by atoms with Crippen LogP contribution >= 0.6 is 0 Å². The van der Waals surface area contributed by atoms with Crippen molar-refractivity contribution in [3.05, 3.63) is 23.9 Å². The largest absolute Gasteiger partial charge is 0.399 e. The third-order valence-electron chi connectivity index (χ3n) is 4.83. The van der Waals surface area contributed by atoms with Gasteiger partial charge < -0.3 is 10.8 Å². The van der Waals surface area contributed by atoms with E-state index in [-0.39, 0.29) is 6.10 Å². The molecular formula is C15H25NO. The molecule has 1 unspecified atom stereocenters. The average molecular weight is 235 g/mol. The molecule has 2 nitrogen and oxygen atoms in total. The summed E-state index contributed by atoms with van der Waals surface area (Å²) < 4.78 is 0. The Labute approximate surface area is 105 Å². The third kappa shape index (κ3) is 2.74. The van der Waals surface area contributed by atoms with E-state index in [0.717, 1.165) is 43.7 Å². The molecule has 2 heteroatoms. The Balaban J connectivity index is 2.01. The Kier molecular flexibility index (Phi) is 3.62. The molecule has 0 bridgehead atoms. The maximum Gasteiger partial charge on any atom is 0.0540 e. The standard InChI is InChI=1S/C15H25NO/c1-15(2,11-3-7-13(16)8-4-11)12-5-9-14(17)10-6-12/h3,7-8,11-12,14,17H,4-6,9-10,16H2,1-2H3. The molecule has 1 fully saturated rings. The van der Waals surface area contributed by atoms with Crippen molar-refractivity contribution in [1.29, 1.82) is 0 Å². The second kappa shape index (κ2) is 4.85. The minimum absolute atomic E-state index is 0.0560. The van der Waals surface area contributed by atoms with Crippen LogP contribution in [0.25, 0.3) is 0 Å². The van der Waals surface area contributed by atoms with Crippen LogP contribution in [-0.2, 0) is 0 Å². The molecule has 1 atom stereocenters. The summed E-state index contributed by atoms with van der Waals surface area (Å²) in [5, 5.41) is 9.60. The van der Waals surface area contributed by atoms with Gasteiger partial charge in [0.05, 0.1) is 6.10 Å². The van der Waals surface area contributed by atoms with Gasteiger partial charge in [0.25, 0.3) is 0 Å². The zero-order chi connectivity index (χ0) is 12.5. The Morgan fingerprint density at radius 1 is 1.24 bits per heavy atom. The van der Waals surface area contributed by atoms with Gasteiger partial charge in [-0.2, -0.15) is 0 Å². The van der Waals surface area contributed by atoms with Gasteiger partial charge in [-0.3, -0.25) is 0 Å². The highest BCUT2D eigenvalue weighted by atomic mass is 16.3. The lowest BCUT2D eigenvalue weighted by atomic mass is 9.62. The normalized spacial score (nSPS) is 34.5. The fraction of sp³-hybridized carbons (Fsp3) is 0.733. The molecule has 0 aromatic heterocycles. The Hall–Kier alpha value is -0.760. The Bertz CT molecular complexity index is 322. The van der Waals surface area contributed by atoms with Gasteiger partial charge >= 0.3 is 0 Å². The minimum atomic E-state index is -0.0560. The number of allylic oxidation sites excluding steroid dienone is 3. The van der Waals surface area contributed by atoms with Crippen molar-refractivity contribution in [2.75, 3.05) is 0 Å². The summed E-state index contributed by atoms with van der Waals surface area (Å²) >= 11 is 0. The van der Waals surface area contributed by atoms with E-state index in [4.69, 9.17) is 5.73 Å². The van der Waals surface area contributed by atoms with Gasteiger partial charge in [-0.25, -0.2) is 0 Å². The molecule has 0 heterocycles. The molecule has 0 spiro atoms. The highest BCUT2D eigenvalue weighted by Crippen LogP contribution is 2.46. The highest BCUT2D eigenvalue weighted by molar-refractivity contribution is 5.22. The van der Waals surface area contributed by atoms with E-state index >= 15 is 0 Å². The molecule has 2 aliphatic carbocycles. The van der Waals surface area contributed by atoms with Crippen LogP contribution in [0.5, 0.6) is 0 Å². The van der Waals surface area contributed by atoms with E-state index in [1.807, 2.05) is 6.08 Å². The number of aliphatic hydroxyl groups excluding tert-OH is 1. The number of nitrogens with two attached hydrogens (primary N) is 1. The summed E-state index contributed by atoms with van der Waals surface area (Å²) in [6.07, 6.45) is 11.8. The van der Waals surface area contributed by atoms with Crippen LogP contribution in [0.15, 0.2) is 23.9 Å². The molecule has 2 aliphatic rings. The van der Waals surface area contributed by atoms with Crippen LogP contribution in [0.1, 0.15) is 46.0 Å². The Morgan fingerprint density at radius 3 is 2.41 bits per heavy atom. The van der Waals surface area contributed by atoms with Gasteiger partial charge in [0.1, 0.15) is 0 Å². The molecule has 2 rings (SSSR count). The summed E-state index contributed by atoms with van der Waals surface area (Å²) in [6.45, 7) is 4.75. The fourth-order valence-electron chi connectivity index (χ4n) is 3.31. The van der Waals surface area contributed by atoms with Gasteiger partial charge in [0.2, 0.25) is 0 Å². The molecule has 17 heavy (non-hydrogen) atoms. The van der Waals surface area contributed by atoms with Crippen molar-refractivity contribution < 1.29 is 5.11 Å². The lowest BCUT2D eigenvalue weighted by Crippen LogP contribution is -2.35. The van der Waals surface area contributed by atoms with Crippen LogP contribution in [-0.4, -0.2) is 11.2 Å². The quantitative estimate of drug-likeness (QED) is 0.773. The Morgan fingerprint density at radius 2 is 1.88 bits per heavy atom. The summed E-state index contributed by atoms with van der Waals surface area (Å²) in [7, 11) is 0. The molecule has 0 aromatic rings. The molecule has 0 radical (unpaired) electrons. The van der Waals surface area contributed by atoms with Crippen LogP contribution in [0, 0.1) is 17.3 Å². The minimum Gasteiger partial charge on any atom is -0.399 e. The number of hydrogen-bond acceptors (Lipinski definition) is 2. The molecule has 96 valence electrons. The van der Waals surface area contributed by atoms with Crippen LogP contribution in [0.3, 0.4) is 0 Å². The lowest BCUT2D eigenvalue weighted by molar-refractivity contribution is 0.0461. The molecule has 0 amide bonds. The van der Waals surface area contributed by atoms with E-state index in [0.29, 0.717) is 11.3 Å². The number of rotatable bonds is 2. The molecule has 0 aromatic carbocycles. The average Bonchev–Trinajstić information content (AvgIpc) is 2.30. The predicted octanol–water partition coefficient (Wildman–Crippen LogP) is 2.98. The monoisotopic (exact) mass is 235 g/mol. The molecule has 1 saturated carbocycles. The number of aliphatic hydroxyl groups is 1. The number of hydrogen-bond donors (Lipinski definition) is 2. The van der Waals surface area contributed by atoms with Gasteiger partial charge in [-0.15, -0.1) is 0 Å². The topological polar surface area (TPSA) is 46.2 Å². The van der Waals surface area contributed by atoms with E-state index in [1.165, 1.54) is 0 Å². The van der Waals surface area contributed by atoms with Gasteiger partial charge in [-0.1, -0.05) is 26.0 Å². The zero-order valence-corrected chi connectivity index (χ0v) is 11.0. The first-order valence-electron chi connectivity index (χ1n) is 6.82. The van der Waals surface area contributed by atoms with E-state index < -0.39 is 0 Å². The third-order valence-corrected chi connectivity index (χ3v) is 4.83. The first-order chi connectivity index (χ1) is 8.00. The lowest BCUT2D eigenvalue weighted by Gasteiger charge is -2.43. The van der Waals surface area contributed by atoms with Crippen molar-refractivity contribution >= 4 is 0 Å². The van der Waals surface area contributed by atoms with Gasteiger partial charge in [0, 0.05) is 5.70 Å². The van der Waals surface area contributed by atoms with Gasteiger partial charge in [0.15, 0.2) is 0 Å². The molecular weight excluding hydrogens is 210 g/mol. The summed E-state index contributed by atoms with van der Waals surface area (Å²) in [4.78, 5) is 0. The summed E-state index contributed by atoms with van der Waals surface area (Å²) in [6, 6.07) is 0.